The van der Waals surface area contributed by atoms with Gasteiger partial charge < -0.3 is 10.4 Å². The van der Waals surface area contributed by atoms with Gasteiger partial charge in [0.25, 0.3) is 5.91 Å². The Labute approximate surface area is 145 Å². The number of aryl methyl sites for hydroxylation is 1. The molecule has 2 rings (SSSR count). The van der Waals surface area contributed by atoms with Crippen LogP contribution in [-0.4, -0.2) is 33.3 Å². The van der Waals surface area contributed by atoms with Crippen molar-refractivity contribution in [1.29, 1.82) is 0 Å². The van der Waals surface area contributed by atoms with E-state index < -0.39 is 34.7 Å². The second-order valence-corrected chi connectivity index (χ2v) is 5.36. The summed E-state index contributed by atoms with van der Waals surface area (Å²) in [6.45, 7) is 1.24. The van der Waals surface area contributed by atoms with Gasteiger partial charge in [-0.1, -0.05) is 6.07 Å². The summed E-state index contributed by atoms with van der Waals surface area (Å²) < 4.78 is 39.7. The van der Waals surface area contributed by atoms with E-state index in [1.807, 2.05) is 0 Å². The maximum atomic E-state index is 12.9. The predicted octanol–water partition coefficient (Wildman–Crippen LogP) is 1.76. The number of nitrogens with one attached hydrogen (secondary N) is 1. The highest BCUT2D eigenvalue weighted by Gasteiger charge is 2.30. The molecule has 7 nitrogen and oxygen atoms in total. The molecule has 0 unspecified atom stereocenters. The quantitative estimate of drug-likeness (QED) is 0.836. The van der Waals surface area contributed by atoms with E-state index >= 15 is 0 Å². The van der Waals surface area contributed by atoms with Crippen LogP contribution in [0.15, 0.2) is 35.1 Å². The maximum Gasteiger partial charge on any atom is 0.416 e. The highest BCUT2D eigenvalue weighted by molar-refractivity contribution is 5.92. The van der Waals surface area contributed by atoms with Gasteiger partial charge in [-0.2, -0.15) is 18.3 Å². The third-order valence-corrected chi connectivity index (χ3v) is 3.37. The smallest absolute Gasteiger partial charge is 0.416 e. The molecule has 0 bridgehead atoms. The lowest BCUT2D eigenvalue weighted by molar-refractivity contribution is -0.138. The van der Waals surface area contributed by atoms with Crippen LogP contribution in [0.1, 0.15) is 28.2 Å². The number of benzene rings is 1. The van der Waals surface area contributed by atoms with E-state index in [2.05, 4.69) is 10.4 Å². The normalized spacial score (nSPS) is 11.2. The Hall–Kier alpha value is -3.17. The topological polar surface area (TPSA) is 101 Å². The van der Waals surface area contributed by atoms with Gasteiger partial charge in [0, 0.05) is 18.3 Å². The van der Waals surface area contributed by atoms with Crippen LogP contribution in [-0.2, 0) is 11.0 Å². The Balaban J connectivity index is 2.41. The van der Waals surface area contributed by atoms with Crippen molar-refractivity contribution in [3.8, 4) is 5.69 Å². The number of hydrogen-bond donors (Lipinski definition) is 2. The van der Waals surface area contributed by atoms with Crippen LogP contribution >= 0.6 is 0 Å². The standard InChI is InChI=1S/C16H14F3N3O4/c1-9-7-12(23)14(15(26)20-6-5-13(24)25)21-22(9)11-4-2-3-10(8-11)16(17,18)19/h2-4,7-8H,5-6H2,1H3,(H,20,26)(H,24,25). The van der Waals surface area contributed by atoms with Gasteiger partial charge in [0.1, 0.15) is 0 Å². The number of alkyl halides is 3. The molecule has 26 heavy (non-hydrogen) atoms. The largest absolute Gasteiger partial charge is 0.481 e. The number of rotatable bonds is 5. The third kappa shape index (κ3) is 4.47. The van der Waals surface area contributed by atoms with E-state index in [4.69, 9.17) is 5.11 Å². The molecule has 0 atom stereocenters. The predicted molar refractivity (Wildman–Crippen MR) is 84.2 cm³/mol. The highest BCUT2D eigenvalue weighted by Crippen LogP contribution is 2.30. The van der Waals surface area contributed by atoms with E-state index in [9.17, 15) is 27.6 Å². The second-order valence-electron chi connectivity index (χ2n) is 5.36. The van der Waals surface area contributed by atoms with Crippen LogP contribution in [0.5, 0.6) is 0 Å². The fraction of sp³-hybridized carbons (Fsp3) is 0.250. The van der Waals surface area contributed by atoms with Gasteiger partial charge in [-0.25, -0.2) is 4.68 Å². The van der Waals surface area contributed by atoms with Gasteiger partial charge in [0.15, 0.2) is 5.69 Å². The van der Waals surface area contributed by atoms with Crippen LogP contribution in [0.3, 0.4) is 0 Å². The number of hydrogen-bond acceptors (Lipinski definition) is 4. The molecule has 0 spiro atoms. The van der Waals surface area contributed by atoms with Crippen molar-refractivity contribution in [2.24, 2.45) is 0 Å². The van der Waals surface area contributed by atoms with Crippen molar-refractivity contribution in [3.63, 3.8) is 0 Å². The maximum absolute atomic E-state index is 12.9. The lowest BCUT2D eigenvalue weighted by atomic mass is 10.2. The van der Waals surface area contributed by atoms with E-state index in [0.717, 1.165) is 22.9 Å². The average molecular weight is 369 g/mol. The molecule has 2 N–H and O–H groups in total. The molecular formula is C16H14F3N3O4. The zero-order valence-corrected chi connectivity index (χ0v) is 13.5. The average Bonchev–Trinajstić information content (AvgIpc) is 2.53. The minimum atomic E-state index is -4.56. The van der Waals surface area contributed by atoms with Gasteiger partial charge >= 0.3 is 12.1 Å². The van der Waals surface area contributed by atoms with Gasteiger partial charge in [-0.05, 0) is 25.1 Å². The molecule has 0 aliphatic carbocycles. The first-order valence-electron chi connectivity index (χ1n) is 7.38. The first-order chi connectivity index (χ1) is 12.1. The number of nitrogens with zero attached hydrogens (tertiary/aromatic N) is 2. The van der Waals surface area contributed by atoms with Crippen LogP contribution in [0, 0.1) is 6.92 Å². The van der Waals surface area contributed by atoms with E-state index in [0.29, 0.717) is 0 Å². The lowest BCUT2D eigenvalue weighted by Gasteiger charge is -2.13. The number of carboxylic acids is 1. The monoisotopic (exact) mass is 369 g/mol. The third-order valence-electron chi connectivity index (χ3n) is 3.37. The molecular weight excluding hydrogens is 355 g/mol. The van der Waals surface area contributed by atoms with E-state index in [1.165, 1.54) is 19.1 Å². The van der Waals surface area contributed by atoms with Crippen molar-refractivity contribution >= 4 is 11.9 Å². The summed E-state index contributed by atoms with van der Waals surface area (Å²) in [5.41, 5.74) is -1.91. The minimum absolute atomic E-state index is 0.0249. The summed E-state index contributed by atoms with van der Waals surface area (Å²) in [5.74, 6) is -2.04. The fourth-order valence-corrected chi connectivity index (χ4v) is 2.15. The Morgan fingerprint density at radius 1 is 1.27 bits per heavy atom. The molecule has 0 saturated heterocycles. The number of carbonyl (C=O) groups is 2. The number of aliphatic carboxylic acids is 1. The van der Waals surface area contributed by atoms with Crippen molar-refractivity contribution < 1.29 is 27.9 Å². The Bertz CT molecular complexity index is 906. The van der Waals surface area contributed by atoms with Gasteiger partial charge in [-0.3, -0.25) is 14.4 Å². The Morgan fingerprint density at radius 2 is 1.96 bits per heavy atom. The summed E-state index contributed by atoms with van der Waals surface area (Å²) >= 11 is 0. The molecule has 1 amide bonds. The molecule has 1 aromatic carbocycles. The summed E-state index contributed by atoms with van der Waals surface area (Å²) in [7, 11) is 0. The molecule has 0 aliphatic heterocycles. The molecule has 0 saturated carbocycles. The second kappa shape index (κ2) is 7.38. The minimum Gasteiger partial charge on any atom is -0.481 e. The molecule has 10 heteroatoms. The zero-order valence-electron chi connectivity index (χ0n) is 13.5. The number of halogens is 3. The fourth-order valence-electron chi connectivity index (χ4n) is 2.15. The number of carbonyl (C=O) groups excluding carboxylic acids is 1. The van der Waals surface area contributed by atoms with Crippen LogP contribution in [0.2, 0.25) is 0 Å². The highest BCUT2D eigenvalue weighted by atomic mass is 19.4. The van der Waals surface area contributed by atoms with E-state index in [-0.39, 0.29) is 24.3 Å². The first kappa shape index (κ1) is 19.2. The Morgan fingerprint density at radius 3 is 2.58 bits per heavy atom. The first-order valence-corrected chi connectivity index (χ1v) is 7.38. The lowest BCUT2D eigenvalue weighted by Crippen LogP contribution is -2.33. The summed E-state index contributed by atoms with van der Waals surface area (Å²) in [5, 5.41) is 14.6. The van der Waals surface area contributed by atoms with Crippen LogP contribution in [0.4, 0.5) is 13.2 Å². The van der Waals surface area contributed by atoms with Gasteiger partial charge in [0.05, 0.1) is 17.7 Å². The van der Waals surface area contributed by atoms with Crippen LogP contribution < -0.4 is 10.7 Å². The molecule has 1 heterocycles. The van der Waals surface area contributed by atoms with Gasteiger partial charge in [0.2, 0.25) is 5.43 Å². The molecule has 0 radical (unpaired) electrons. The van der Waals surface area contributed by atoms with Crippen molar-refractivity contribution in [2.75, 3.05) is 6.54 Å². The summed E-state index contributed by atoms with van der Waals surface area (Å²) in [6, 6.07) is 5.34. The van der Waals surface area contributed by atoms with Gasteiger partial charge in [-0.15, -0.1) is 0 Å². The molecule has 1 aromatic heterocycles. The Kier molecular flexibility index (Phi) is 5.44. The summed E-state index contributed by atoms with van der Waals surface area (Å²) in [6.07, 6.45) is -4.90. The van der Waals surface area contributed by atoms with Crippen LogP contribution in [0.25, 0.3) is 5.69 Å². The summed E-state index contributed by atoms with van der Waals surface area (Å²) in [4.78, 5) is 34.4. The van der Waals surface area contributed by atoms with Crippen molar-refractivity contribution in [3.05, 3.63) is 57.5 Å². The number of carboxylic acid groups (broad SMARTS) is 1. The van der Waals surface area contributed by atoms with Crippen molar-refractivity contribution in [1.82, 2.24) is 15.1 Å². The SMILES string of the molecule is Cc1cc(=O)c(C(=O)NCCC(=O)O)nn1-c1cccc(C(F)(F)F)c1. The number of aromatic nitrogens is 2. The van der Waals surface area contributed by atoms with E-state index in [1.54, 1.807) is 0 Å². The molecule has 0 aliphatic rings. The molecule has 2 aromatic rings. The number of amides is 1. The zero-order chi connectivity index (χ0) is 19.5. The molecule has 0 fully saturated rings. The molecule has 138 valence electrons. The van der Waals surface area contributed by atoms with Crippen molar-refractivity contribution in [2.45, 2.75) is 19.5 Å².